The van der Waals surface area contributed by atoms with Gasteiger partial charge in [-0.15, -0.1) is 11.3 Å². The van der Waals surface area contributed by atoms with Gasteiger partial charge in [0.2, 0.25) is 0 Å². The Kier molecular flexibility index (Phi) is 6.80. The molecule has 2 N–H and O–H groups in total. The summed E-state index contributed by atoms with van der Waals surface area (Å²) >= 11 is 1.30. The van der Waals surface area contributed by atoms with E-state index in [4.69, 9.17) is 4.74 Å². The zero-order chi connectivity index (χ0) is 23.2. The molecule has 4 aromatic rings. The van der Waals surface area contributed by atoms with Crippen LogP contribution >= 0.6 is 11.3 Å². The molecule has 0 radical (unpaired) electrons. The summed E-state index contributed by atoms with van der Waals surface area (Å²) in [4.78, 5) is 29.0. The third-order valence-electron chi connectivity index (χ3n) is 4.89. The SMILES string of the molecule is Cc1nn(-c2ccccc2)c(C)c1NC(=O)COC(=O)c1csc(NCc2ccccc2)n1. The minimum atomic E-state index is -0.650. The topological polar surface area (TPSA) is 98.1 Å². The minimum absolute atomic E-state index is 0.160. The largest absolute Gasteiger partial charge is 0.451 e. The number of thiazole rings is 1. The maximum atomic E-state index is 12.4. The number of esters is 1. The van der Waals surface area contributed by atoms with E-state index in [0.717, 1.165) is 16.9 Å². The highest BCUT2D eigenvalue weighted by molar-refractivity contribution is 7.13. The number of nitrogens with one attached hydrogen (secondary N) is 2. The van der Waals surface area contributed by atoms with E-state index >= 15 is 0 Å². The maximum absolute atomic E-state index is 12.4. The van der Waals surface area contributed by atoms with Crippen molar-refractivity contribution in [3.8, 4) is 5.69 Å². The molecule has 2 aromatic heterocycles. The number of benzene rings is 2. The number of nitrogens with zero attached hydrogens (tertiary/aromatic N) is 3. The highest BCUT2D eigenvalue weighted by Crippen LogP contribution is 2.23. The number of hydrogen-bond acceptors (Lipinski definition) is 7. The molecule has 9 heteroatoms. The normalized spacial score (nSPS) is 10.6. The van der Waals surface area contributed by atoms with Crippen LogP contribution in [-0.4, -0.2) is 33.2 Å². The van der Waals surface area contributed by atoms with Crippen molar-refractivity contribution in [2.45, 2.75) is 20.4 Å². The van der Waals surface area contributed by atoms with E-state index in [-0.39, 0.29) is 5.69 Å². The summed E-state index contributed by atoms with van der Waals surface area (Å²) in [6, 6.07) is 19.5. The van der Waals surface area contributed by atoms with Crippen molar-refractivity contribution < 1.29 is 14.3 Å². The van der Waals surface area contributed by atoms with Crippen molar-refractivity contribution in [3.63, 3.8) is 0 Å². The smallest absolute Gasteiger partial charge is 0.358 e. The average molecular weight is 462 g/mol. The van der Waals surface area contributed by atoms with E-state index < -0.39 is 18.5 Å². The highest BCUT2D eigenvalue weighted by atomic mass is 32.1. The van der Waals surface area contributed by atoms with Gasteiger partial charge >= 0.3 is 5.97 Å². The number of aromatic nitrogens is 3. The lowest BCUT2D eigenvalue weighted by Gasteiger charge is -2.07. The first kappa shape index (κ1) is 22.2. The average Bonchev–Trinajstić information content (AvgIpc) is 3.43. The summed E-state index contributed by atoms with van der Waals surface area (Å²) < 4.78 is 6.91. The molecule has 0 saturated carbocycles. The van der Waals surface area contributed by atoms with E-state index in [1.807, 2.05) is 74.5 Å². The van der Waals surface area contributed by atoms with Crippen LogP contribution in [0.5, 0.6) is 0 Å². The number of amides is 1. The number of carbonyl (C=O) groups is 2. The molecule has 2 aromatic carbocycles. The van der Waals surface area contributed by atoms with Gasteiger partial charge in [-0.3, -0.25) is 4.79 Å². The van der Waals surface area contributed by atoms with Gasteiger partial charge in [-0.05, 0) is 31.5 Å². The molecule has 1 amide bonds. The van der Waals surface area contributed by atoms with Crippen LogP contribution in [0.1, 0.15) is 27.4 Å². The van der Waals surface area contributed by atoms with Gasteiger partial charge in [-0.25, -0.2) is 14.5 Å². The summed E-state index contributed by atoms with van der Waals surface area (Å²) in [6.07, 6.45) is 0. The molecule has 0 aliphatic carbocycles. The fourth-order valence-electron chi connectivity index (χ4n) is 3.25. The van der Waals surface area contributed by atoms with Gasteiger partial charge in [0.25, 0.3) is 5.91 Å². The molecule has 4 rings (SSSR count). The van der Waals surface area contributed by atoms with Crippen molar-refractivity contribution in [1.82, 2.24) is 14.8 Å². The Labute approximate surface area is 195 Å². The summed E-state index contributed by atoms with van der Waals surface area (Å²) in [5, 5.41) is 12.7. The first-order valence-electron chi connectivity index (χ1n) is 10.3. The molecule has 0 fully saturated rings. The van der Waals surface area contributed by atoms with Crippen LogP contribution in [-0.2, 0) is 16.1 Å². The first-order valence-corrected chi connectivity index (χ1v) is 11.2. The molecule has 0 bridgehead atoms. The number of rotatable bonds is 8. The third kappa shape index (κ3) is 5.45. The Bertz CT molecular complexity index is 1250. The lowest BCUT2D eigenvalue weighted by molar-refractivity contribution is -0.119. The van der Waals surface area contributed by atoms with Crippen LogP contribution in [0.4, 0.5) is 10.8 Å². The van der Waals surface area contributed by atoms with E-state index in [2.05, 4.69) is 20.7 Å². The van der Waals surface area contributed by atoms with Crippen LogP contribution < -0.4 is 10.6 Å². The molecule has 0 aliphatic heterocycles. The lowest BCUT2D eigenvalue weighted by Crippen LogP contribution is -2.21. The third-order valence-corrected chi connectivity index (χ3v) is 5.69. The zero-order valence-corrected chi connectivity index (χ0v) is 19.1. The molecule has 0 unspecified atom stereocenters. The van der Waals surface area contributed by atoms with Crippen molar-refractivity contribution in [1.29, 1.82) is 0 Å². The van der Waals surface area contributed by atoms with Crippen LogP contribution in [0, 0.1) is 13.8 Å². The van der Waals surface area contributed by atoms with Crippen LogP contribution in [0.3, 0.4) is 0 Å². The number of hydrogen-bond donors (Lipinski definition) is 2. The molecule has 168 valence electrons. The predicted molar refractivity (Wildman–Crippen MR) is 128 cm³/mol. The summed E-state index contributed by atoms with van der Waals surface area (Å²) in [5.41, 5.74) is 4.21. The number of anilines is 2. The van der Waals surface area contributed by atoms with Crippen molar-refractivity contribution in [3.05, 3.63) is 88.7 Å². The van der Waals surface area contributed by atoms with Gasteiger partial charge in [0, 0.05) is 11.9 Å². The molecular formula is C24H23N5O3S. The molecule has 2 heterocycles. The number of ether oxygens (including phenoxy) is 1. The summed E-state index contributed by atoms with van der Waals surface area (Å²) in [6.45, 7) is 3.86. The predicted octanol–water partition coefficient (Wildman–Crippen LogP) is 4.35. The molecule has 0 spiro atoms. The van der Waals surface area contributed by atoms with Crippen LogP contribution in [0.25, 0.3) is 5.69 Å². The van der Waals surface area contributed by atoms with Gasteiger partial charge in [-0.1, -0.05) is 48.5 Å². The van der Waals surface area contributed by atoms with E-state index in [0.29, 0.717) is 23.1 Å². The Morgan fingerprint density at radius 3 is 2.45 bits per heavy atom. The number of aryl methyl sites for hydroxylation is 1. The molecule has 0 aliphatic rings. The second-order valence-corrected chi connectivity index (χ2v) is 8.15. The Morgan fingerprint density at radius 2 is 1.73 bits per heavy atom. The minimum Gasteiger partial charge on any atom is -0.451 e. The van der Waals surface area contributed by atoms with Gasteiger partial charge < -0.3 is 15.4 Å². The Hall–Kier alpha value is -3.98. The fraction of sp³-hybridized carbons (Fsp3) is 0.167. The second kappa shape index (κ2) is 10.1. The Morgan fingerprint density at radius 1 is 1.03 bits per heavy atom. The molecule has 8 nitrogen and oxygen atoms in total. The second-order valence-electron chi connectivity index (χ2n) is 7.29. The lowest BCUT2D eigenvalue weighted by atomic mass is 10.2. The summed E-state index contributed by atoms with van der Waals surface area (Å²) in [7, 11) is 0. The van der Waals surface area contributed by atoms with E-state index in [1.54, 1.807) is 10.1 Å². The van der Waals surface area contributed by atoms with E-state index in [9.17, 15) is 9.59 Å². The van der Waals surface area contributed by atoms with Crippen LogP contribution in [0.15, 0.2) is 66.0 Å². The van der Waals surface area contributed by atoms with Crippen LogP contribution in [0.2, 0.25) is 0 Å². The number of carbonyl (C=O) groups excluding carboxylic acids is 2. The molecule has 0 atom stereocenters. The number of para-hydroxylation sites is 1. The Balaban J connectivity index is 1.31. The molecular weight excluding hydrogens is 438 g/mol. The van der Waals surface area contributed by atoms with Gasteiger partial charge in [-0.2, -0.15) is 5.10 Å². The maximum Gasteiger partial charge on any atom is 0.358 e. The summed E-state index contributed by atoms with van der Waals surface area (Å²) in [5.74, 6) is -1.09. The molecule has 33 heavy (non-hydrogen) atoms. The fourth-order valence-corrected chi connectivity index (χ4v) is 3.93. The first-order chi connectivity index (χ1) is 16.0. The highest BCUT2D eigenvalue weighted by Gasteiger charge is 2.18. The van der Waals surface area contributed by atoms with Gasteiger partial charge in [0.15, 0.2) is 17.4 Å². The van der Waals surface area contributed by atoms with Gasteiger partial charge in [0.05, 0.1) is 22.8 Å². The monoisotopic (exact) mass is 461 g/mol. The van der Waals surface area contributed by atoms with Crippen molar-refractivity contribution in [2.75, 3.05) is 17.2 Å². The quantitative estimate of drug-likeness (QED) is 0.379. The molecule has 0 saturated heterocycles. The standard InChI is InChI=1S/C24H23N5O3S/c1-16-22(17(2)29(28-16)19-11-7-4-8-12-19)27-21(30)14-32-23(31)20-15-33-24(26-20)25-13-18-9-5-3-6-10-18/h3-12,15H,13-14H2,1-2H3,(H,25,26)(H,27,30). The van der Waals surface area contributed by atoms with Crippen molar-refractivity contribution in [2.24, 2.45) is 0 Å². The van der Waals surface area contributed by atoms with Crippen molar-refractivity contribution >= 4 is 34.0 Å². The van der Waals surface area contributed by atoms with Gasteiger partial charge in [0.1, 0.15) is 0 Å². The zero-order valence-electron chi connectivity index (χ0n) is 18.2. The van der Waals surface area contributed by atoms with E-state index in [1.165, 1.54) is 11.3 Å².